The van der Waals surface area contributed by atoms with Crippen LogP contribution in [0.4, 0.5) is 5.82 Å². The number of hydrogen-bond acceptors (Lipinski definition) is 2. The van der Waals surface area contributed by atoms with Crippen LogP contribution in [-0.2, 0) is 0 Å². The fourth-order valence-corrected chi connectivity index (χ4v) is 1.02. The van der Waals surface area contributed by atoms with Crippen molar-refractivity contribution in [2.75, 3.05) is 11.9 Å². The number of nitrogens with zero attached hydrogens (tertiary/aromatic N) is 2. The van der Waals surface area contributed by atoms with E-state index in [1.165, 1.54) is 5.56 Å². The van der Waals surface area contributed by atoms with Gasteiger partial charge in [0, 0.05) is 13.2 Å². The van der Waals surface area contributed by atoms with Crippen molar-refractivity contribution in [3.63, 3.8) is 0 Å². The fraction of sp³-hybridized carbons (Fsp3) is 0.364. The summed E-state index contributed by atoms with van der Waals surface area (Å²) in [6.07, 6.45) is 7.12. The SMILES string of the molecule is C#CC(C)N(C)c1cc(C)ccn1. The molecule has 0 aliphatic carbocycles. The van der Waals surface area contributed by atoms with Gasteiger partial charge < -0.3 is 4.90 Å². The molecular weight excluding hydrogens is 160 g/mol. The van der Waals surface area contributed by atoms with Crippen molar-refractivity contribution in [1.29, 1.82) is 0 Å². The molecule has 0 bridgehead atoms. The number of aryl methyl sites for hydroxylation is 1. The van der Waals surface area contributed by atoms with E-state index in [1.54, 1.807) is 6.20 Å². The Labute approximate surface area is 79.6 Å². The second kappa shape index (κ2) is 3.95. The molecule has 13 heavy (non-hydrogen) atoms. The smallest absolute Gasteiger partial charge is 0.129 e. The fourth-order valence-electron chi connectivity index (χ4n) is 1.02. The van der Waals surface area contributed by atoms with E-state index in [0.29, 0.717) is 0 Å². The second-order valence-corrected chi connectivity index (χ2v) is 3.14. The molecule has 0 amide bonds. The molecule has 1 heterocycles. The van der Waals surface area contributed by atoms with Crippen molar-refractivity contribution in [2.45, 2.75) is 19.9 Å². The van der Waals surface area contributed by atoms with Crippen molar-refractivity contribution in [3.05, 3.63) is 23.9 Å². The molecular formula is C11H14N2. The quantitative estimate of drug-likeness (QED) is 0.636. The van der Waals surface area contributed by atoms with Gasteiger partial charge in [0.1, 0.15) is 5.82 Å². The standard InChI is InChI=1S/C11H14N2/c1-5-10(3)13(4)11-8-9(2)6-7-12-11/h1,6-8,10H,2-4H3. The minimum atomic E-state index is 0.0781. The third-order valence-corrected chi connectivity index (χ3v) is 2.08. The summed E-state index contributed by atoms with van der Waals surface area (Å²) in [4.78, 5) is 6.22. The van der Waals surface area contributed by atoms with E-state index in [9.17, 15) is 0 Å². The Kier molecular flexibility index (Phi) is 2.92. The predicted octanol–water partition coefficient (Wildman–Crippen LogP) is 1.85. The first-order valence-electron chi connectivity index (χ1n) is 4.26. The Morgan fingerprint density at radius 3 is 2.85 bits per heavy atom. The predicted molar refractivity (Wildman–Crippen MR) is 55.7 cm³/mol. The first-order chi connectivity index (χ1) is 6.15. The maximum Gasteiger partial charge on any atom is 0.129 e. The topological polar surface area (TPSA) is 16.1 Å². The molecule has 2 heteroatoms. The second-order valence-electron chi connectivity index (χ2n) is 3.14. The summed E-state index contributed by atoms with van der Waals surface area (Å²) in [7, 11) is 1.95. The Morgan fingerprint density at radius 1 is 1.62 bits per heavy atom. The molecule has 0 saturated heterocycles. The van der Waals surface area contributed by atoms with E-state index in [2.05, 4.69) is 10.9 Å². The Hall–Kier alpha value is -1.49. The van der Waals surface area contributed by atoms with Crippen LogP contribution in [0.2, 0.25) is 0 Å². The lowest BCUT2D eigenvalue weighted by Crippen LogP contribution is -2.27. The van der Waals surface area contributed by atoms with Crippen LogP contribution >= 0.6 is 0 Å². The van der Waals surface area contributed by atoms with Crippen LogP contribution in [0.3, 0.4) is 0 Å². The first kappa shape index (κ1) is 9.60. The summed E-state index contributed by atoms with van der Waals surface area (Å²) in [5.41, 5.74) is 1.20. The van der Waals surface area contributed by atoms with Crippen molar-refractivity contribution < 1.29 is 0 Å². The zero-order valence-corrected chi connectivity index (χ0v) is 8.28. The van der Waals surface area contributed by atoms with Gasteiger partial charge in [0.15, 0.2) is 0 Å². The van der Waals surface area contributed by atoms with Crippen LogP contribution in [0, 0.1) is 19.3 Å². The minimum Gasteiger partial charge on any atom is -0.346 e. The van der Waals surface area contributed by atoms with Gasteiger partial charge in [0.05, 0.1) is 6.04 Å². The van der Waals surface area contributed by atoms with Crippen LogP contribution in [0.1, 0.15) is 12.5 Å². The van der Waals surface area contributed by atoms with E-state index >= 15 is 0 Å². The number of rotatable bonds is 2. The largest absolute Gasteiger partial charge is 0.346 e. The molecule has 0 saturated carbocycles. The Morgan fingerprint density at radius 2 is 2.31 bits per heavy atom. The van der Waals surface area contributed by atoms with Crippen LogP contribution in [0.5, 0.6) is 0 Å². The molecule has 1 aromatic rings. The average Bonchev–Trinajstić information content (AvgIpc) is 2.15. The van der Waals surface area contributed by atoms with Crippen LogP contribution in [0.25, 0.3) is 0 Å². The van der Waals surface area contributed by atoms with E-state index in [1.807, 2.05) is 37.9 Å². The summed E-state index contributed by atoms with van der Waals surface area (Å²) in [5, 5.41) is 0. The lowest BCUT2D eigenvalue weighted by Gasteiger charge is -2.21. The monoisotopic (exact) mass is 174 g/mol. The normalized spacial score (nSPS) is 11.8. The molecule has 0 N–H and O–H groups in total. The third-order valence-electron chi connectivity index (χ3n) is 2.08. The van der Waals surface area contributed by atoms with Gasteiger partial charge in [-0.2, -0.15) is 0 Å². The molecule has 0 fully saturated rings. The zero-order chi connectivity index (χ0) is 9.84. The van der Waals surface area contributed by atoms with Gasteiger partial charge in [-0.05, 0) is 31.5 Å². The molecule has 68 valence electrons. The van der Waals surface area contributed by atoms with Gasteiger partial charge in [0.2, 0.25) is 0 Å². The summed E-state index contributed by atoms with van der Waals surface area (Å²) in [5.74, 6) is 3.59. The van der Waals surface area contributed by atoms with Gasteiger partial charge in [-0.25, -0.2) is 4.98 Å². The van der Waals surface area contributed by atoms with Gasteiger partial charge in [-0.15, -0.1) is 6.42 Å². The number of pyridine rings is 1. The van der Waals surface area contributed by atoms with Crippen molar-refractivity contribution in [2.24, 2.45) is 0 Å². The molecule has 0 spiro atoms. The number of anilines is 1. The highest BCUT2D eigenvalue weighted by molar-refractivity contribution is 5.42. The minimum absolute atomic E-state index is 0.0781. The van der Waals surface area contributed by atoms with Crippen LogP contribution in [-0.4, -0.2) is 18.1 Å². The number of hydrogen-bond donors (Lipinski definition) is 0. The molecule has 2 nitrogen and oxygen atoms in total. The van der Waals surface area contributed by atoms with Crippen LogP contribution in [0.15, 0.2) is 18.3 Å². The first-order valence-corrected chi connectivity index (χ1v) is 4.26. The molecule has 1 atom stereocenters. The molecule has 0 aromatic carbocycles. The van der Waals surface area contributed by atoms with Gasteiger partial charge >= 0.3 is 0 Å². The van der Waals surface area contributed by atoms with E-state index < -0.39 is 0 Å². The zero-order valence-electron chi connectivity index (χ0n) is 8.28. The summed E-state index contributed by atoms with van der Waals surface area (Å²) in [6, 6.07) is 4.07. The highest BCUT2D eigenvalue weighted by Crippen LogP contribution is 2.12. The number of aromatic nitrogens is 1. The van der Waals surface area contributed by atoms with E-state index in [0.717, 1.165) is 5.82 Å². The van der Waals surface area contributed by atoms with Crippen molar-refractivity contribution >= 4 is 5.82 Å². The lowest BCUT2D eigenvalue weighted by molar-refractivity contribution is 0.829. The molecule has 1 aromatic heterocycles. The van der Waals surface area contributed by atoms with Gasteiger partial charge in [-0.3, -0.25) is 0 Å². The molecule has 0 aliphatic rings. The molecule has 1 rings (SSSR count). The third kappa shape index (κ3) is 2.22. The Bertz CT molecular complexity index is 325. The maximum absolute atomic E-state index is 5.33. The molecule has 1 unspecified atom stereocenters. The van der Waals surface area contributed by atoms with E-state index in [-0.39, 0.29) is 6.04 Å². The van der Waals surface area contributed by atoms with Gasteiger partial charge in [-0.1, -0.05) is 5.92 Å². The van der Waals surface area contributed by atoms with Crippen molar-refractivity contribution in [1.82, 2.24) is 4.98 Å². The average molecular weight is 174 g/mol. The van der Waals surface area contributed by atoms with E-state index in [4.69, 9.17) is 6.42 Å². The molecule has 0 radical (unpaired) electrons. The maximum atomic E-state index is 5.33. The summed E-state index contributed by atoms with van der Waals surface area (Å²) < 4.78 is 0. The van der Waals surface area contributed by atoms with Crippen molar-refractivity contribution in [3.8, 4) is 12.3 Å². The highest BCUT2D eigenvalue weighted by atomic mass is 15.2. The van der Waals surface area contributed by atoms with Gasteiger partial charge in [0.25, 0.3) is 0 Å². The molecule has 0 aliphatic heterocycles. The Balaban J connectivity index is 2.90. The summed E-state index contributed by atoms with van der Waals surface area (Å²) >= 11 is 0. The number of terminal acetylenes is 1. The van der Waals surface area contributed by atoms with Crippen LogP contribution < -0.4 is 4.90 Å². The lowest BCUT2D eigenvalue weighted by atomic mass is 10.2. The summed E-state index contributed by atoms with van der Waals surface area (Å²) in [6.45, 7) is 4.02. The highest BCUT2D eigenvalue weighted by Gasteiger charge is 2.07.